The number of rotatable bonds is 8. The van der Waals surface area contributed by atoms with Gasteiger partial charge >= 0.3 is 0 Å². The van der Waals surface area contributed by atoms with E-state index < -0.39 is 6.10 Å². The lowest BCUT2D eigenvalue weighted by Gasteiger charge is -2.16. The molecule has 0 aromatic heterocycles. The van der Waals surface area contributed by atoms with Crippen LogP contribution in [0.2, 0.25) is 0 Å². The third-order valence-corrected chi connectivity index (χ3v) is 2.40. The average Bonchev–Trinajstić information content (AvgIpc) is 2.42. The number of ether oxygens (including phenoxy) is 1. The van der Waals surface area contributed by atoms with Crippen LogP contribution in [-0.2, 0) is 16.1 Å². The maximum atomic E-state index is 11.7. The number of amides is 1. The third kappa shape index (κ3) is 5.12. The molecule has 1 rings (SSSR count). The molecule has 1 amide bonds. The van der Waals surface area contributed by atoms with Gasteiger partial charge < -0.3 is 15.2 Å². The van der Waals surface area contributed by atoms with Crippen molar-refractivity contribution in [2.24, 2.45) is 0 Å². The van der Waals surface area contributed by atoms with Crippen LogP contribution in [0.25, 0.3) is 0 Å². The van der Waals surface area contributed by atoms with Gasteiger partial charge in [-0.1, -0.05) is 36.4 Å². The summed E-state index contributed by atoms with van der Waals surface area (Å²) in [5, 5.41) is 11.6. The van der Waals surface area contributed by atoms with Crippen molar-refractivity contribution in [2.45, 2.75) is 19.1 Å². The second kappa shape index (κ2) is 8.44. The Bertz CT molecular complexity index is 365. The molecule has 2 N–H and O–H groups in total. The Morgan fingerprint density at radius 3 is 2.78 bits per heavy atom. The van der Waals surface area contributed by atoms with E-state index in [1.807, 2.05) is 30.3 Å². The first kappa shape index (κ1) is 14.4. The van der Waals surface area contributed by atoms with Crippen molar-refractivity contribution in [2.75, 3.05) is 13.2 Å². The van der Waals surface area contributed by atoms with Crippen molar-refractivity contribution in [1.82, 2.24) is 5.32 Å². The highest BCUT2D eigenvalue weighted by Gasteiger charge is 2.17. The van der Waals surface area contributed by atoms with E-state index in [9.17, 15) is 4.79 Å². The molecule has 0 saturated carbocycles. The van der Waals surface area contributed by atoms with E-state index in [0.717, 1.165) is 5.56 Å². The Kier molecular flexibility index (Phi) is 6.76. The SMILES string of the molecule is C=CCNC(=O)C(CCO)OCc1ccccc1. The molecule has 1 atom stereocenters. The minimum absolute atomic E-state index is 0.0824. The second-order valence-electron chi connectivity index (χ2n) is 3.83. The Hall–Kier alpha value is -1.65. The molecule has 0 aliphatic rings. The molecular formula is C14H19NO3. The number of nitrogens with one attached hydrogen (secondary N) is 1. The van der Waals surface area contributed by atoms with E-state index in [1.54, 1.807) is 6.08 Å². The number of hydrogen-bond acceptors (Lipinski definition) is 3. The molecule has 98 valence electrons. The fourth-order valence-corrected chi connectivity index (χ4v) is 1.47. The van der Waals surface area contributed by atoms with Gasteiger partial charge in [0.25, 0.3) is 0 Å². The van der Waals surface area contributed by atoms with Crippen LogP contribution in [0, 0.1) is 0 Å². The highest BCUT2D eigenvalue weighted by molar-refractivity contribution is 5.80. The molecule has 1 aromatic carbocycles. The molecule has 0 bridgehead atoms. The molecule has 0 saturated heterocycles. The largest absolute Gasteiger partial charge is 0.396 e. The Morgan fingerprint density at radius 1 is 1.44 bits per heavy atom. The minimum atomic E-state index is -0.629. The van der Waals surface area contributed by atoms with Gasteiger partial charge in [-0.15, -0.1) is 6.58 Å². The lowest BCUT2D eigenvalue weighted by atomic mass is 10.2. The van der Waals surface area contributed by atoms with Gasteiger partial charge in [0.1, 0.15) is 6.10 Å². The zero-order chi connectivity index (χ0) is 13.2. The molecule has 4 heteroatoms. The minimum Gasteiger partial charge on any atom is -0.396 e. The first-order valence-electron chi connectivity index (χ1n) is 5.93. The summed E-state index contributed by atoms with van der Waals surface area (Å²) in [5.41, 5.74) is 0.997. The lowest BCUT2D eigenvalue weighted by Crippen LogP contribution is -2.37. The number of carbonyl (C=O) groups is 1. The van der Waals surface area contributed by atoms with Crippen molar-refractivity contribution in [3.8, 4) is 0 Å². The molecule has 0 heterocycles. The van der Waals surface area contributed by atoms with Crippen molar-refractivity contribution in [3.63, 3.8) is 0 Å². The number of carbonyl (C=O) groups excluding carboxylic acids is 1. The van der Waals surface area contributed by atoms with Gasteiger partial charge in [-0.3, -0.25) is 4.79 Å². The van der Waals surface area contributed by atoms with E-state index in [1.165, 1.54) is 0 Å². The van der Waals surface area contributed by atoms with Crippen molar-refractivity contribution < 1.29 is 14.6 Å². The van der Waals surface area contributed by atoms with Gasteiger partial charge in [-0.05, 0) is 5.56 Å². The number of aliphatic hydroxyl groups excluding tert-OH is 1. The van der Waals surface area contributed by atoms with E-state index in [4.69, 9.17) is 9.84 Å². The molecule has 0 radical (unpaired) electrons. The summed E-state index contributed by atoms with van der Waals surface area (Å²) in [6.07, 6.45) is 1.26. The highest BCUT2D eigenvalue weighted by atomic mass is 16.5. The molecule has 1 unspecified atom stereocenters. The standard InChI is InChI=1S/C14H19NO3/c1-2-9-15-14(17)13(8-10-16)18-11-12-6-4-3-5-7-12/h2-7,13,16H,1,8-11H2,(H,15,17). The lowest BCUT2D eigenvalue weighted by molar-refractivity contribution is -0.134. The Balaban J connectivity index is 2.47. The van der Waals surface area contributed by atoms with Gasteiger partial charge in [-0.25, -0.2) is 0 Å². The van der Waals surface area contributed by atoms with Crippen LogP contribution in [0.3, 0.4) is 0 Å². The van der Waals surface area contributed by atoms with Gasteiger partial charge in [0.15, 0.2) is 0 Å². The monoisotopic (exact) mass is 249 g/mol. The van der Waals surface area contributed by atoms with Crippen LogP contribution in [0.15, 0.2) is 43.0 Å². The second-order valence-corrected chi connectivity index (χ2v) is 3.83. The van der Waals surface area contributed by atoms with Gasteiger partial charge in [-0.2, -0.15) is 0 Å². The molecule has 0 spiro atoms. The zero-order valence-corrected chi connectivity index (χ0v) is 10.3. The summed E-state index contributed by atoms with van der Waals surface area (Å²) < 4.78 is 5.52. The van der Waals surface area contributed by atoms with Crippen molar-refractivity contribution in [1.29, 1.82) is 0 Å². The predicted molar refractivity (Wildman–Crippen MR) is 69.9 cm³/mol. The third-order valence-electron chi connectivity index (χ3n) is 2.40. The summed E-state index contributed by atoms with van der Waals surface area (Å²) in [7, 11) is 0. The van der Waals surface area contributed by atoms with E-state index in [2.05, 4.69) is 11.9 Å². The summed E-state index contributed by atoms with van der Waals surface area (Å²) in [6.45, 7) is 4.20. The van der Waals surface area contributed by atoms with Crippen LogP contribution in [0.4, 0.5) is 0 Å². The van der Waals surface area contributed by atoms with E-state index >= 15 is 0 Å². The van der Waals surface area contributed by atoms with E-state index in [-0.39, 0.29) is 18.9 Å². The zero-order valence-electron chi connectivity index (χ0n) is 10.3. The molecule has 0 fully saturated rings. The summed E-state index contributed by atoms with van der Waals surface area (Å²) >= 11 is 0. The van der Waals surface area contributed by atoms with Crippen LogP contribution in [0.1, 0.15) is 12.0 Å². The maximum absolute atomic E-state index is 11.7. The normalized spacial score (nSPS) is 11.8. The first-order valence-corrected chi connectivity index (χ1v) is 5.93. The Labute approximate surface area is 107 Å². The quantitative estimate of drug-likeness (QED) is 0.682. The fourth-order valence-electron chi connectivity index (χ4n) is 1.47. The summed E-state index contributed by atoms with van der Waals surface area (Å²) in [4.78, 5) is 11.7. The van der Waals surface area contributed by atoms with Gasteiger partial charge in [0.2, 0.25) is 5.91 Å². The molecule has 4 nitrogen and oxygen atoms in total. The maximum Gasteiger partial charge on any atom is 0.249 e. The summed E-state index contributed by atoms with van der Waals surface area (Å²) in [5.74, 6) is -0.222. The van der Waals surface area contributed by atoms with Crippen LogP contribution >= 0.6 is 0 Å². The molecule has 18 heavy (non-hydrogen) atoms. The molecule has 0 aliphatic heterocycles. The smallest absolute Gasteiger partial charge is 0.249 e. The number of aliphatic hydroxyl groups is 1. The molecule has 1 aromatic rings. The van der Waals surface area contributed by atoms with Crippen LogP contribution in [0.5, 0.6) is 0 Å². The Morgan fingerprint density at radius 2 is 2.17 bits per heavy atom. The number of benzene rings is 1. The predicted octanol–water partition coefficient (Wildman–Crippen LogP) is 1.26. The molecular weight excluding hydrogens is 230 g/mol. The number of hydrogen-bond donors (Lipinski definition) is 2. The van der Waals surface area contributed by atoms with E-state index in [0.29, 0.717) is 13.2 Å². The van der Waals surface area contributed by atoms with Crippen LogP contribution in [-0.4, -0.2) is 30.3 Å². The topological polar surface area (TPSA) is 58.6 Å². The fraction of sp³-hybridized carbons (Fsp3) is 0.357. The van der Waals surface area contributed by atoms with Crippen molar-refractivity contribution >= 4 is 5.91 Å². The van der Waals surface area contributed by atoms with Gasteiger partial charge in [0.05, 0.1) is 6.61 Å². The van der Waals surface area contributed by atoms with Crippen LogP contribution < -0.4 is 5.32 Å². The van der Waals surface area contributed by atoms with Crippen molar-refractivity contribution in [3.05, 3.63) is 48.6 Å². The average molecular weight is 249 g/mol. The highest BCUT2D eigenvalue weighted by Crippen LogP contribution is 2.06. The molecule has 0 aliphatic carbocycles. The summed E-state index contributed by atoms with van der Waals surface area (Å²) in [6, 6.07) is 9.61. The first-order chi connectivity index (χ1) is 8.77. The van der Waals surface area contributed by atoms with Gasteiger partial charge in [0, 0.05) is 19.6 Å².